The van der Waals surface area contributed by atoms with E-state index >= 15 is 0 Å². The normalized spacial score (nSPS) is 19.3. The van der Waals surface area contributed by atoms with Crippen molar-refractivity contribution in [1.29, 1.82) is 0 Å². The van der Waals surface area contributed by atoms with Gasteiger partial charge in [0.25, 0.3) is 0 Å². The molecule has 1 aliphatic heterocycles. The third kappa shape index (κ3) is 4.38. The van der Waals surface area contributed by atoms with E-state index in [4.69, 9.17) is 0 Å². The number of likely N-dealkylation sites (tertiary alicyclic amines) is 1. The average Bonchev–Trinajstić information content (AvgIpc) is 3.42. The number of amides is 2. The van der Waals surface area contributed by atoms with E-state index in [1.165, 1.54) is 0 Å². The monoisotopic (exact) mass is 412 g/mol. The Balaban J connectivity index is 1.38. The summed E-state index contributed by atoms with van der Waals surface area (Å²) >= 11 is 1.66. The maximum absolute atomic E-state index is 13.1. The SMILES string of the molecule is O=C(Cc1ccc(NC(=O)C2(c3cccs3)CCCC2)cc1)N1CCC(O)CC1. The highest BCUT2D eigenvalue weighted by atomic mass is 32.1. The van der Waals surface area contributed by atoms with Gasteiger partial charge in [-0.1, -0.05) is 31.0 Å². The number of rotatable bonds is 5. The summed E-state index contributed by atoms with van der Waals surface area (Å²) in [5, 5.41) is 14.7. The van der Waals surface area contributed by atoms with Gasteiger partial charge in [-0.25, -0.2) is 0 Å². The van der Waals surface area contributed by atoms with Gasteiger partial charge in [0, 0.05) is 23.7 Å². The van der Waals surface area contributed by atoms with E-state index < -0.39 is 5.41 Å². The highest BCUT2D eigenvalue weighted by Gasteiger charge is 2.43. The van der Waals surface area contributed by atoms with Crippen molar-refractivity contribution >= 4 is 28.8 Å². The van der Waals surface area contributed by atoms with Crippen LogP contribution < -0.4 is 5.32 Å². The first-order valence-electron chi connectivity index (χ1n) is 10.5. The molecule has 4 rings (SSSR count). The average molecular weight is 413 g/mol. The van der Waals surface area contributed by atoms with E-state index in [-0.39, 0.29) is 17.9 Å². The second-order valence-corrected chi connectivity index (χ2v) is 9.15. The Kier molecular flexibility index (Phi) is 6.01. The predicted molar refractivity (Wildman–Crippen MR) is 115 cm³/mol. The Hall–Kier alpha value is -2.18. The van der Waals surface area contributed by atoms with E-state index in [1.54, 1.807) is 11.3 Å². The Morgan fingerprint density at radius 3 is 2.41 bits per heavy atom. The molecule has 1 aromatic carbocycles. The second kappa shape index (κ2) is 8.67. The van der Waals surface area contributed by atoms with Gasteiger partial charge in [0.05, 0.1) is 17.9 Å². The predicted octanol–water partition coefficient (Wildman–Crippen LogP) is 3.72. The molecule has 29 heavy (non-hydrogen) atoms. The molecule has 5 nitrogen and oxygen atoms in total. The number of aliphatic hydroxyl groups is 1. The van der Waals surface area contributed by atoms with Crippen molar-refractivity contribution in [3.8, 4) is 0 Å². The summed E-state index contributed by atoms with van der Waals surface area (Å²) in [4.78, 5) is 28.6. The van der Waals surface area contributed by atoms with Crippen LogP contribution in [0.1, 0.15) is 49.0 Å². The van der Waals surface area contributed by atoms with Crippen LogP contribution in [0.4, 0.5) is 5.69 Å². The number of carbonyl (C=O) groups excluding carboxylic acids is 2. The fourth-order valence-corrected chi connectivity index (χ4v) is 5.46. The van der Waals surface area contributed by atoms with E-state index in [0.29, 0.717) is 32.4 Å². The van der Waals surface area contributed by atoms with Crippen LogP contribution >= 0.6 is 11.3 Å². The number of nitrogens with zero attached hydrogens (tertiary/aromatic N) is 1. The molecule has 0 radical (unpaired) electrons. The Bertz CT molecular complexity index is 834. The molecule has 2 aromatic rings. The molecule has 0 bridgehead atoms. The summed E-state index contributed by atoms with van der Waals surface area (Å²) in [7, 11) is 0. The number of benzene rings is 1. The van der Waals surface area contributed by atoms with Crippen molar-refractivity contribution in [2.45, 2.75) is 56.5 Å². The highest BCUT2D eigenvalue weighted by molar-refractivity contribution is 7.10. The van der Waals surface area contributed by atoms with Crippen LogP contribution in [-0.4, -0.2) is 41.0 Å². The molecule has 1 aliphatic carbocycles. The van der Waals surface area contributed by atoms with Crippen LogP contribution in [0.5, 0.6) is 0 Å². The van der Waals surface area contributed by atoms with Gasteiger partial charge >= 0.3 is 0 Å². The van der Waals surface area contributed by atoms with Crippen molar-refractivity contribution in [2.75, 3.05) is 18.4 Å². The van der Waals surface area contributed by atoms with Gasteiger partial charge < -0.3 is 15.3 Å². The Morgan fingerprint density at radius 1 is 1.10 bits per heavy atom. The largest absolute Gasteiger partial charge is 0.393 e. The van der Waals surface area contributed by atoms with E-state index in [2.05, 4.69) is 11.4 Å². The van der Waals surface area contributed by atoms with Crippen LogP contribution in [-0.2, 0) is 21.4 Å². The lowest BCUT2D eigenvalue weighted by Crippen LogP contribution is -2.40. The maximum atomic E-state index is 13.1. The topological polar surface area (TPSA) is 69.6 Å². The zero-order chi connectivity index (χ0) is 20.3. The first-order chi connectivity index (χ1) is 14.1. The zero-order valence-corrected chi connectivity index (χ0v) is 17.4. The molecule has 1 aromatic heterocycles. The quantitative estimate of drug-likeness (QED) is 0.786. The number of aliphatic hydroxyl groups excluding tert-OH is 1. The van der Waals surface area contributed by atoms with Crippen LogP contribution in [0.15, 0.2) is 41.8 Å². The molecule has 0 spiro atoms. The molecule has 2 heterocycles. The summed E-state index contributed by atoms with van der Waals surface area (Å²) in [6.07, 6.45) is 5.35. The van der Waals surface area contributed by atoms with Crippen molar-refractivity contribution in [1.82, 2.24) is 4.90 Å². The van der Waals surface area contributed by atoms with Crippen molar-refractivity contribution in [3.63, 3.8) is 0 Å². The van der Waals surface area contributed by atoms with Crippen molar-refractivity contribution in [3.05, 3.63) is 52.2 Å². The molecule has 6 heteroatoms. The van der Waals surface area contributed by atoms with Crippen LogP contribution in [0, 0.1) is 0 Å². The number of carbonyl (C=O) groups is 2. The van der Waals surface area contributed by atoms with Gasteiger partial charge in [-0.2, -0.15) is 0 Å². The summed E-state index contributed by atoms with van der Waals surface area (Å²) in [5.74, 6) is 0.171. The minimum absolute atomic E-state index is 0.0770. The van der Waals surface area contributed by atoms with Crippen molar-refractivity contribution < 1.29 is 14.7 Å². The zero-order valence-electron chi connectivity index (χ0n) is 16.6. The number of nitrogens with one attached hydrogen (secondary N) is 1. The molecule has 0 unspecified atom stereocenters. The van der Waals surface area contributed by atoms with Gasteiger partial charge in [-0.15, -0.1) is 11.3 Å². The Labute approximate surface area is 175 Å². The Morgan fingerprint density at radius 2 is 1.79 bits per heavy atom. The molecule has 154 valence electrons. The number of hydrogen-bond acceptors (Lipinski definition) is 4. The molecular formula is C23H28N2O3S. The van der Waals surface area contributed by atoms with Crippen LogP contribution in [0.2, 0.25) is 0 Å². The first-order valence-corrected chi connectivity index (χ1v) is 11.3. The molecule has 2 fully saturated rings. The second-order valence-electron chi connectivity index (χ2n) is 8.21. The fourth-order valence-electron chi connectivity index (χ4n) is 4.47. The summed E-state index contributed by atoms with van der Waals surface area (Å²) in [6.45, 7) is 1.25. The number of piperidine rings is 1. The summed E-state index contributed by atoms with van der Waals surface area (Å²) in [6, 6.07) is 11.7. The van der Waals surface area contributed by atoms with Crippen molar-refractivity contribution in [2.24, 2.45) is 0 Å². The maximum Gasteiger partial charge on any atom is 0.235 e. The smallest absolute Gasteiger partial charge is 0.235 e. The molecule has 2 amide bonds. The van der Waals surface area contributed by atoms with Gasteiger partial charge in [-0.3, -0.25) is 9.59 Å². The van der Waals surface area contributed by atoms with Crippen LogP contribution in [0.25, 0.3) is 0 Å². The molecule has 1 saturated carbocycles. The van der Waals surface area contributed by atoms with E-state index in [9.17, 15) is 14.7 Å². The summed E-state index contributed by atoms with van der Waals surface area (Å²) in [5.41, 5.74) is 1.31. The highest BCUT2D eigenvalue weighted by Crippen LogP contribution is 2.43. The minimum Gasteiger partial charge on any atom is -0.393 e. The molecule has 1 saturated heterocycles. The minimum atomic E-state index is -0.401. The van der Waals surface area contributed by atoms with Gasteiger partial charge in [0.15, 0.2) is 0 Å². The number of thiophene rings is 1. The number of hydrogen-bond donors (Lipinski definition) is 2. The molecular weight excluding hydrogens is 384 g/mol. The first kappa shape index (κ1) is 20.1. The molecule has 2 aliphatic rings. The lowest BCUT2D eigenvalue weighted by atomic mass is 9.83. The fraction of sp³-hybridized carbons (Fsp3) is 0.478. The standard InChI is InChI=1S/C23H28N2O3S/c26-19-9-13-25(14-10-19)21(27)16-17-5-7-18(8-6-17)24-22(28)23(11-1-2-12-23)20-4-3-15-29-20/h3-8,15,19,26H,1-2,9-14,16H2,(H,24,28). The van der Waals surface area contributed by atoms with E-state index in [1.807, 2.05) is 40.6 Å². The number of anilines is 1. The van der Waals surface area contributed by atoms with E-state index in [0.717, 1.165) is 41.8 Å². The molecule has 2 N–H and O–H groups in total. The van der Waals surface area contributed by atoms with Gasteiger partial charge in [-0.05, 0) is 54.8 Å². The molecule has 0 atom stereocenters. The lowest BCUT2D eigenvalue weighted by molar-refractivity contribution is -0.132. The lowest BCUT2D eigenvalue weighted by Gasteiger charge is -2.29. The van der Waals surface area contributed by atoms with Gasteiger partial charge in [0.1, 0.15) is 0 Å². The third-order valence-corrected chi connectivity index (χ3v) is 7.34. The van der Waals surface area contributed by atoms with Gasteiger partial charge in [0.2, 0.25) is 11.8 Å². The van der Waals surface area contributed by atoms with Crippen LogP contribution in [0.3, 0.4) is 0 Å². The summed E-state index contributed by atoms with van der Waals surface area (Å²) < 4.78 is 0. The third-order valence-electron chi connectivity index (χ3n) is 6.27.